The molecule has 0 aliphatic carbocycles. The summed E-state index contributed by atoms with van der Waals surface area (Å²) in [6.07, 6.45) is 2.02. The fourth-order valence-electron chi connectivity index (χ4n) is 5.88. The minimum absolute atomic E-state index is 0.173. The standard InChI is InChI=1S/C34H39N5O3S/c1-24(2)31-35-20-29(43-31)22-38(3)33(42)37-30(32(40)41)19-28-21-39(23-36-28)34(25-13-7-4-8-14-25,26-15-9-5-10-16-26)27-17-11-6-12-18-27/h4-18,23-24,28-30H,19-22H2,1-3H3,(H,37,42)(H,40,41)/t28?,29?,30-/m0/s1. The minimum Gasteiger partial charge on any atom is -0.480 e. The number of amides is 2. The van der Waals surface area contributed by atoms with Gasteiger partial charge in [-0.15, -0.1) is 11.8 Å². The van der Waals surface area contributed by atoms with Gasteiger partial charge < -0.3 is 20.2 Å². The summed E-state index contributed by atoms with van der Waals surface area (Å²) in [7, 11) is 1.70. The van der Waals surface area contributed by atoms with Gasteiger partial charge in [0.15, 0.2) is 0 Å². The van der Waals surface area contributed by atoms with Crippen LogP contribution in [-0.2, 0) is 10.3 Å². The molecular weight excluding hydrogens is 558 g/mol. The molecule has 9 heteroatoms. The number of carbonyl (C=O) groups excluding carboxylic acids is 1. The highest BCUT2D eigenvalue weighted by molar-refractivity contribution is 8.14. The summed E-state index contributed by atoms with van der Waals surface area (Å²) in [5.41, 5.74) is 2.57. The molecule has 2 aliphatic rings. The van der Waals surface area contributed by atoms with E-state index in [4.69, 9.17) is 4.99 Å². The molecule has 0 radical (unpaired) electrons. The summed E-state index contributed by atoms with van der Waals surface area (Å²) in [4.78, 5) is 38.5. The van der Waals surface area contributed by atoms with E-state index in [9.17, 15) is 14.7 Å². The van der Waals surface area contributed by atoms with Gasteiger partial charge in [0.05, 0.1) is 24.0 Å². The van der Waals surface area contributed by atoms with Crippen molar-refractivity contribution in [3.05, 3.63) is 108 Å². The number of hydrogen-bond donors (Lipinski definition) is 2. The molecule has 3 aromatic carbocycles. The van der Waals surface area contributed by atoms with Crippen molar-refractivity contribution in [2.75, 3.05) is 26.7 Å². The van der Waals surface area contributed by atoms with E-state index in [1.165, 1.54) is 0 Å². The molecule has 3 atom stereocenters. The van der Waals surface area contributed by atoms with Crippen LogP contribution in [0.25, 0.3) is 0 Å². The monoisotopic (exact) mass is 597 g/mol. The van der Waals surface area contributed by atoms with E-state index in [1.54, 1.807) is 23.7 Å². The number of thioether (sulfide) groups is 1. The van der Waals surface area contributed by atoms with Crippen LogP contribution in [0.3, 0.4) is 0 Å². The summed E-state index contributed by atoms with van der Waals surface area (Å²) >= 11 is 1.70. The van der Waals surface area contributed by atoms with E-state index in [2.05, 4.69) is 65.5 Å². The van der Waals surface area contributed by atoms with Crippen molar-refractivity contribution in [1.82, 2.24) is 15.1 Å². The maximum atomic E-state index is 13.1. The van der Waals surface area contributed by atoms with Gasteiger partial charge in [-0.1, -0.05) is 105 Å². The van der Waals surface area contributed by atoms with Gasteiger partial charge in [-0.3, -0.25) is 9.98 Å². The van der Waals surface area contributed by atoms with Crippen LogP contribution in [0, 0.1) is 5.92 Å². The Morgan fingerprint density at radius 2 is 1.51 bits per heavy atom. The summed E-state index contributed by atoms with van der Waals surface area (Å²) in [6, 6.07) is 29.1. The number of aliphatic imine (C=N–C) groups is 2. The predicted octanol–water partition coefficient (Wildman–Crippen LogP) is 5.35. The Labute approximate surface area is 257 Å². The van der Waals surface area contributed by atoms with Crippen LogP contribution in [0.5, 0.6) is 0 Å². The minimum atomic E-state index is -1.07. The topological polar surface area (TPSA) is 97.6 Å². The first-order valence-electron chi connectivity index (χ1n) is 14.7. The first-order chi connectivity index (χ1) is 20.8. The first-order valence-corrected chi connectivity index (χ1v) is 15.6. The van der Waals surface area contributed by atoms with Gasteiger partial charge in [0.2, 0.25) is 0 Å². The molecule has 43 heavy (non-hydrogen) atoms. The van der Waals surface area contributed by atoms with Crippen LogP contribution in [0.15, 0.2) is 101 Å². The van der Waals surface area contributed by atoms with Gasteiger partial charge in [-0.25, -0.2) is 9.59 Å². The molecule has 8 nitrogen and oxygen atoms in total. The molecule has 2 aliphatic heterocycles. The van der Waals surface area contributed by atoms with E-state index in [1.807, 2.05) is 60.9 Å². The molecule has 2 heterocycles. The summed E-state index contributed by atoms with van der Waals surface area (Å²) in [5, 5.41) is 14.1. The third-order valence-corrected chi connectivity index (χ3v) is 9.46. The van der Waals surface area contributed by atoms with E-state index in [0.29, 0.717) is 25.6 Å². The van der Waals surface area contributed by atoms with E-state index < -0.39 is 23.6 Å². The average molecular weight is 598 g/mol. The maximum absolute atomic E-state index is 13.1. The molecule has 0 spiro atoms. The second-order valence-corrected chi connectivity index (χ2v) is 12.7. The Balaban J connectivity index is 1.33. The Morgan fingerprint density at radius 3 is 1.98 bits per heavy atom. The van der Waals surface area contributed by atoms with Crippen molar-refractivity contribution >= 4 is 35.1 Å². The highest BCUT2D eigenvalue weighted by atomic mass is 32.2. The average Bonchev–Trinajstić information content (AvgIpc) is 3.69. The fraction of sp³-hybridized carbons (Fsp3) is 0.353. The zero-order valence-corrected chi connectivity index (χ0v) is 25.7. The SMILES string of the molecule is CC(C)C1=NCC(CN(C)C(=O)N[C@@H](CC2CN(C(c3ccccc3)(c3ccccc3)c3ccccc3)C=N2)C(=O)O)S1. The smallest absolute Gasteiger partial charge is 0.326 e. The lowest BCUT2D eigenvalue weighted by atomic mass is 9.75. The van der Waals surface area contributed by atoms with E-state index in [0.717, 1.165) is 21.7 Å². The number of nitrogens with zero attached hydrogens (tertiary/aromatic N) is 4. The van der Waals surface area contributed by atoms with Crippen LogP contribution in [0.4, 0.5) is 4.79 Å². The lowest BCUT2D eigenvalue weighted by molar-refractivity contribution is -0.139. The van der Waals surface area contributed by atoms with Crippen LogP contribution in [-0.4, -0.2) is 82.3 Å². The van der Waals surface area contributed by atoms with Gasteiger partial charge in [0.1, 0.15) is 11.6 Å². The van der Waals surface area contributed by atoms with Crippen LogP contribution in [0.2, 0.25) is 0 Å². The number of hydrogen-bond acceptors (Lipinski definition) is 6. The molecule has 0 saturated carbocycles. The summed E-state index contributed by atoms with van der Waals surface area (Å²) < 4.78 is 0. The zero-order chi connectivity index (χ0) is 30.4. The Bertz CT molecular complexity index is 1350. The van der Waals surface area contributed by atoms with Crippen molar-refractivity contribution in [3.8, 4) is 0 Å². The van der Waals surface area contributed by atoms with E-state index >= 15 is 0 Å². The van der Waals surface area contributed by atoms with Crippen molar-refractivity contribution in [2.45, 2.75) is 43.1 Å². The molecule has 224 valence electrons. The maximum Gasteiger partial charge on any atom is 0.326 e. The second kappa shape index (κ2) is 13.5. The van der Waals surface area contributed by atoms with Gasteiger partial charge >= 0.3 is 12.0 Å². The molecule has 3 aromatic rings. The molecule has 2 N–H and O–H groups in total. The Morgan fingerprint density at radius 1 is 0.977 bits per heavy atom. The second-order valence-electron chi connectivity index (χ2n) is 11.4. The number of carbonyl (C=O) groups is 2. The van der Waals surface area contributed by atoms with Gasteiger partial charge in [-0.2, -0.15) is 0 Å². The molecule has 0 saturated heterocycles. The van der Waals surface area contributed by atoms with Gasteiger partial charge in [-0.05, 0) is 16.7 Å². The Kier molecular flexibility index (Phi) is 9.50. The number of urea groups is 1. The highest BCUT2D eigenvalue weighted by Gasteiger charge is 2.44. The molecule has 2 unspecified atom stereocenters. The van der Waals surface area contributed by atoms with Crippen molar-refractivity contribution in [3.63, 3.8) is 0 Å². The predicted molar refractivity (Wildman–Crippen MR) is 174 cm³/mol. The Hall–Kier alpha value is -4.11. The molecule has 5 rings (SSSR count). The van der Waals surface area contributed by atoms with Crippen molar-refractivity contribution < 1.29 is 14.7 Å². The molecule has 0 aromatic heterocycles. The lowest BCUT2D eigenvalue weighted by Gasteiger charge is -2.43. The summed E-state index contributed by atoms with van der Waals surface area (Å²) in [6.45, 7) is 5.86. The number of nitrogens with one attached hydrogen (secondary N) is 1. The van der Waals surface area contributed by atoms with Gasteiger partial charge in [0.25, 0.3) is 0 Å². The fourth-order valence-corrected chi connectivity index (χ4v) is 7.09. The summed E-state index contributed by atoms with van der Waals surface area (Å²) in [5.74, 6) is -0.710. The van der Waals surface area contributed by atoms with E-state index in [-0.39, 0.29) is 17.7 Å². The molecular formula is C34H39N5O3S. The normalized spacial score (nSPS) is 18.9. The number of rotatable bonds is 11. The van der Waals surface area contributed by atoms with Crippen molar-refractivity contribution in [2.24, 2.45) is 15.9 Å². The number of carboxylic acids is 1. The van der Waals surface area contributed by atoms with Crippen molar-refractivity contribution in [1.29, 1.82) is 0 Å². The van der Waals surface area contributed by atoms with Crippen LogP contribution < -0.4 is 5.32 Å². The molecule has 0 bridgehead atoms. The van der Waals surface area contributed by atoms with Gasteiger partial charge in [0, 0.05) is 37.7 Å². The molecule has 0 fully saturated rings. The zero-order valence-electron chi connectivity index (χ0n) is 24.8. The quantitative estimate of drug-likeness (QED) is 0.291. The third-order valence-electron chi connectivity index (χ3n) is 7.99. The third kappa shape index (κ3) is 6.62. The highest BCUT2D eigenvalue weighted by Crippen LogP contribution is 2.43. The lowest BCUT2D eigenvalue weighted by Crippen LogP contribution is -2.50. The van der Waals surface area contributed by atoms with Crippen LogP contribution >= 0.6 is 11.8 Å². The molecule has 2 amide bonds. The largest absolute Gasteiger partial charge is 0.480 e. The number of benzene rings is 3. The van der Waals surface area contributed by atoms with Crippen LogP contribution in [0.1, 0.15) is 37.0 Å². The number of carboxylic acid groups (broad SMARTS) is 1. The first kappa shape index (κ1) is 30.4. The number of aliphatic carboxylic acids is 1.